The number of piperidine rings is 1. The Morgan fingerprint density at radius 2 is 1.96 bits per heavy atom. The van der Waals surface area contributed by atoms with Gasteiger partial charge in [-0.15, -0.1) is 11.3 Å². The predicted octanol–water partition coefficient (Wildman–Crippen LogP) is 3.35. The Kier molecular flexibility index (Phi) is 6.52. The predicted molar refractivity (Wildman–Crippen MR) is 110 cm³/mol. The van der Waals surface area contributed by atoms with Crippen LogP contribution in [0, 0.1) is 5.41 Å². The van der Waals surface area contributed by atoms with Gasteiger partial charge in [0.25, 0.3) is 0 Å². The lowest BCUT2D eigenvalue weighted by Crippen LogP contribution is -2.46. The van der Waals surface area contributed by atoms with E-state index in [-0.39, 0.29) is 23.7 Å². The van der Waals surface area contributed by atoms with Gasteiger partial charge >= 0.3 is 0 Å². The maximum Gasteiger partial charge on any atom is 0.227 e. The van der Waals surface area contributed by atoms with Gasteiger partial charge in [0, 0.05) is 25.1 Å². The number of aliphatic hydroxyl groups is 1. The lowest BCUT2D eigenvalue weighted by Gasteiger charge is -2.41. The highest BCUT2D eigenvalue weighted by Gasteiger charge is 2.35. The van der Waals surface area contributed by atoms with E-state index >= 15 is 0 Å². The fourth-order valence-electron chi connectivity index (χ4n) is 3.78. The molecule has 2 heterocycles. The summed E-state index contributed by atoms with van der Waals surface area (Å²) in [5.74, 6) is 0.937. The van der Waals surface area contributed by atoms with E-state index in [1.807, 2.05) is 34.5 Å². The van der Waals surface area contributed by atoms with Crippen molar-refractivity contribution in [2.24, 2.45) is 5.41 Å². The smallest absolute Gasteiger partial charge is 0.227 e. The number of nitrogens with zero attached hydrogens (tertiary/aromatic N) is 1. The summed E-state index contributed by atoms with van der Waals surface area (Å²) >= 11 is 1.39. The highest BCUT2D eigenvalue weighted by atomic mass is 32.1. The van der Waals surface area contributed by atoms with Crippen LogP contribution < -0.4 is 4.74 Å². The van der Waals surface area contributed by atoms with Crippen LogP contribution in [0.1, 0.15) is 40.6 Å². The zero-order chi connectivity index (χ0) is 20.1. The van der Waals surface area contributed by atoms with Crippen LogP contribution in [0.2, 0.25) is 0 Å². The molecule has 1 aliphatic rings. The van der Waals surface area contributed by atoms with Crippen molar-refractivity contribution >= 4 is 23.0 Å². The van der Waals surface area contributed by atoms with E-state index in [0.29, 0.717) is 24.4 Å². The number of likely N-dealkylation sites (tertiary alicyclic amines) is 1. The molecule has 1 N–H and O–H groups in total. The number of methoxy groups -OCH3 is 1. The lowest BCUT2D eigenvalue weighted by molar-refractivity contribution is -0.133. The molecule has 5 nitrogen and oxygen atoms in total. The number of ketones is 1. The molecule has 6 heteroatoms. The van der Waals surface area contributed by atoms with Gasteiger partial charge in [0.15, 0.2) is 5.78 Å². The second-order valence-electron chi connectivity index (χ2n) is 7.62. The monoisotopic (exact) mass is 401 g/mol. The van der Waals surface area contributed by atoms with E-state index in [2.05, 4.69) is 6.07 Å². The van der Waals surface area contributed by atoms with Crippen molar-refractivity contribution in [1.29, 1.82) is 0 Å². The van der Waals surface area contributed by atoms with Crippen molar-refractivity contribution in [3.63, 3.8) is 0 Å². The zero-order valence-corrected chi connectivity index (χ0v) is 17.3. The van der Waals surface area contributed by atoms with Gasteiger partial charge < -0.3 is 14.7 Å². The normalized spacial score (nSPS) is 16.0. The average molecular weight is 402 g/mol. The van der Waals surface area contributed by atoms with Gasteiger partial charge in [-0.3, -0.25) is 9.59 Å². The molecule has 0 bridgehead atoms. The second kappa shape index (κ2) is 8.88. The number of Topliss-reactive ketones (excluding diaryl/α,β-unsaturated/α-hetero) is 1. The number of benzene rings is 1. The second-order valence-corrected chi connectivity index (χ2v) is 8.53. The molecular formula is C22H27NO4S. The molecule has 150 valence electrons. The summed E-state index contributed by atoms with van der Waals surface area (Å²) in [6.45, 7) is 2.94. The zero-order valence-electron chi connectivity index (χ0n) is 16.4. The van der Waals surface area contributed by atoms with E-state index in [4.69, 9.17) is 4.74 Å². The van der Waals surface area contributed by atoms with Crippen LogP contribution in [-0.2, 0) is 17.6 Å². The molecule has 0 spiro atoms. The maximum absolute atomic E-state index is 12.7. The Labute approximate surface area is 169 Å². The standard InChI is InChI=1S/C22H27NO4S/c1-16(25)20-11-18(14-28-20)12-21(26)23-8-6-22(15-24,7-9-23)13-17-4-3-5-19(10-17)27-2/h3-5,10-11,14,24H,6-9,12-13,15H2,1-2H3. The summed E-state index contributed by atoms with van der Waals surface area (Å²) in [7, 11) is 1.65. The quantitative estimate of drug-likeness (QED) is 0.723. The Morgan fingerprint density at radius 1 is 1.21 bits per heavy atom. The van der Waals surface area contributed by atoms with Crippen LogP contribution in [0.5, 0.6) is 5.75 Å². The number of carbonyl (C=O) groups excluding carboxylic acids is 2. The van der Waals surface area contributed by atoms with Gasteiger partial charge in [0.1, 0.15) is 5.75 Å². The number of hydrogen-bond acceptors (Lipinski definition) is 5. The van der Waals surface area contributed by atoms with Gasteiger partial charge in [-0.25, -0.2) is 0 Å². The van der Waals surface area contributed by atoms with Crippen LogP contribution >= 0.6 is 11.3 Å². The van der Waals surface area contributed by atoms with E-state index in [9.17, 15) is 14.7 Å². The third-order valence-electron chi connectivity index (χ3n) is 5.58. The van der Waals surface area contributed by atoms with Crippen LogP contribution in [0.25, 0.3) is 0 Å². The third kappa shape index (κ3) is 4.80. The maximum atomic E-state index is 12.7. The topological polar surface area (TPSA) is 66.8 Å². The van der Waals surface area contributed by atoms with Crippen molar-refractivity contribution in [2.45, 2.75) is 32.6 Å². The Bertz CT molecular complexity index is 837. The minimum absolute atomic E-state index is 0.0342. The molecule has 28 heavy (non-hydrogen) atoms. The van der Waals surface area contributed by atoms with E-state index in [1.54, 1.807) is 14.0 Å². The van der Waals surface area contributed by atoms with E-state index in [0.717, 1.165) is 36.1 Å². The molecule has 1 saturated heterocycles. The number of amides is 1. The largest absolute Gasteiger partial charge is 0.497 e. The molecule has 0 radical (unpaired) electrons. The summed E-state index contributed by atoms with van der Waals surface area (Å²) in [6, 6.07) is 9.76. The lowest BCUT2D eigenvalue weighted by atomic mass is 9.74. The van der Waals surface area contributed by atoms with Gasteiger partial charge in [0.05, 0.1) is 18.4 Å². The summed E-state index contributed by atoms with van der Waals surface area (Å²) in [5.41, 5.74) is 1.84. The number of rotatable bonds is 7. The number of aliphatic hydroxyl groups excluding tert-OH is 1. The van der Waals surface area contributed by atoms with Gasteiger partial charge in [-0.1, -0.05) is 12.1 Å². The molecule has 0 unspecified atom stereocenters. The fraction of sp³-hybridized carbons (Fsp3) is 0.455. The Morgan fingerprint density at radius 3 is 2.57 bits per heavy atom. The van der Waals surface area contributed by atoms with E-state index in [1.165, 1.54) is 11.3 Å². The molecule has 2 aromatic rings. The third-order valence-corrected chi connectivity index (χ3v) is 6.66. The van der Waals surface area contributed by atoms with Crippen molar-refractivity contribution in [1.82, 2.24) is 4.90 Å². The Balaban J connectivity index is 1.59. The number of hydrogen-bond donors (Lipinski definition) is 1. The minimum atomic E-state index is -0.201. The first-order valence-corrected chi connectivity index (χ1v) is 10.4. The van der Waals surface area contributed by atoms with Crippen LogP contribution in [0.15, 0.2) is 35.7 Å². The molecular weight excluding hydrogens is 374 g/mol. The Hall–Kier alpha value is -2.18. The molecule has 0 aliphatic carbocycles. The van der Waals surface area contributed by atoms with Crippen molar-refractivity contribution in [3.8, 4) is 5.75 Å². The van der Waals surface area contributed by atoms with Crippen molar-refractivity contribution < 1.29 is 19.4 Å². The molecule has 1 amide bonds. The summed E-state index contributed by atoms with van der Waals surface area (Å²) < 4.78 is 5.30. The number of ether oxygens (including phenoxy) is 1. The number of carbonyl (C=O) groups is 2. The molecule has 0 saturated carbocycles. The summed E-state index contributed by atoms with van der Waals surface area (Å²) in [6.07, 6.45) is 2.64. The van der Waals surface area contributed by atoms with Crippen LogP contribution in [0.3, 0.4) is 0 Å². The van der Waals surface area contributed by atoms with Gasteiger partial charge in [-0.05, 0) is 60.9 Å². The fourth-order valence-corrected chi connectivity index (χ4v) is 4.59. The summed E-state index contributed by atoms with van der Waals surface area (Å²) in [4.78, 5) is 26.7. The first-order valence-electron chi connectivity index (χ1n) is 9.55. The highest BCUT2D eigenvalue weighted by molar-refractivity contribution is 7.12. The van der Waals surface area contributed by atoms with E-state index < -0.39 is 0 Å². The van der Waals surface area contributed by atoms with Crippen LogP contribution in [-0.4, -0.2) is 48.5 Å². The first-order chi connectivity index (χ1) is 13.4. The van der Waals surface area contributed by atoms with Crippen LogP contribution in [0.4, 0.5) is 0 Å². The number of thiophene rings is 1. The van der Waals surface area contributed by atoms with Gasteiger partial charge in [-0.2, -0.15) is 0 Å². The molecule has 1 fully saturated rings. The molecule has 1 aliphatic heterocycles. The minimum Gasteiger partial charge on any atom is -0.497 e. The molecule has 3 rings (SSSR count). The van der Waals surface area contributed by atoms with Crippen molar-refractivity contribution in [3.05, 3.63) is 51.7 Å². The van der Waals surface area contributed by atoms with Gasteiger partial charge in [0.2, 0.25) is 5.91 Å². The summed E-state index contributed by atoms with van der Waals surface area (Å²) in [5, 5.41) is 12.0. The highest BCUT2D eigenvalue weighted by Crippen LogP contribution is 2.35. The molecule has 1 aromatic heterocycles. The van der Waals surface area contributed by atoms with Crippen molar-refractivity contribution in [2.75, 3.05) is 26.8 Å². The SMILES string of the molecule is COc1cccc(CC2(CO)CCN(C(=O)Cc3csc(C(C)=O)c3)CC2)c1. The first kappa shape index (κ1) is 20.6. The molecule has 0 atom stereocenters. The molecule has 1 aromatic carbocycles. The average Bonchev–Trinajstić information content (AvgIpc) is 3.17.